The number of rotatable bonds is 4. The first-order chi connectivity index (χ1) is 13.4. The average molecular weight is 378 g/mol. The van der Waals surface area contributed by atoms with Gasteiger partial charge in [0, 0.05) is 24.2 Å². The predicted molar refractivity (Wildman–Crippen MR) is 106 cm³/mol. The van der Waals surface area contributed by atoms with E-state index in [-0.39, 0.29) is 17.3 Å². The van der Waals surface area contributed by atoms with Crippen LogP contribution in [0.3, 0.4) is 0 Å². The fourth-order valence-corrected chi connectivity index (χ4v) is 3.71. The highest BCUT2D eigenvalue weighted by atomic mass is 19.1. The molecular formula is C22H23FN4O. The minimum absolute atomic E-state index is 0.188. The summed E-state index contributed by atoms with van der Waals surface area (Å²) in [7, 11) is 0. The number of nitrogens with one attached hydrogen (secondary N) is 2. The molecule has 0 bridgehead atoms. The number of carbonyl (C=O) groups is 1. The Morgan fingerprint density at radius 1 is 1.25 bits per heavy atom. The van der Waals surface area contributed by atoms with Gasteiger partial charge in [0.1, 0.15) is 5.82 Å². The van der Waals surface area contributed by atoms with Gasteiger partial charge in [-0.3, -0.25) is 14.8 Å². The molecule has 2 N–H and O–H groups in total. The molecule has 6 heteroatoms. The number of nitrogens with zero attached hydrogens (tertiary/aromatic N) is 2. The molecule has 0 fully saturated rings. The van der Waals surface area contributed by atoms with Crippen molar-refractivity contribution in [3.63, 3.8) is 0 Å². The highest BCUT2D eigenvalue weighted by Crippen LogP contribution is 2.41. The zero-order chi connectivity index (χ0) is 19.9. The number of fused-ring (bicyclic) bond motifs is 1. The molecule has 3 aromatic rings. The third-order valence-electron chi connectivity index (χ3n) is 5.56. The van der Waals surface area contributed by atoms with Crippen molar-refractivity contribution in [2.45, 2.75) is 39.4 Å². The number of halogens is 1. The van der Waals surface area contributed by atoms with Gasteiger partial charge >= 0.3 is 0 Å². The van der Waals surface area contributed by atoms with Crippen LogP contribution in [0.15, 0.2) is 48.5 Å². The number of hydrogen-bond acceptors (Lipinski definition) is 3. The number of H-pyrrole nitrogens is 1. The van der Waals surface area contributed by atoms with Crippen molar-refractivity contribution in [3.8, 4) is 0 Å². The van der Waals surface area contributed by atoms with Crippen LogP contribution in [0.25, 0.3) is 0 Å². The lowest BCUT2D eigenvalue weighted by Gasteiger charge is -2.32. The molecule has 0 atom stereocenters. The number of aromatic nitrogens is 2. The van der Waals surface area contributed by atoms with Crippen LogP contribution >= 0.6 is 0 Å². The summed E-state index contributed by atoms with van der Waals surface area (Å²) in [6.07, 6.45) is 0. The lowest BCUT2D eigenvalue weighted by Crippen LogP contribution is -2.35. The molecule has 0 spiro atoms. The first-order valence-corrected chi connectivity index (χ1v) is 9.30. The van der Waals surface area contributed by atoms with E-state index in [1.54, 1.807) is 24.3 Å². The second-order valence-electron chi connectivity index (χ2n) is 7.73. The van der Waals surface area contributed by atoms with Crippen molar-refractivity contribution < 1.29 is 9.18 Å². The molecule has 0 saturated carbocycles. The minimum atomic E-state index is -0.309. The molecule has 1 aliphatic heterocycles. The van der Waals surface area contributed by atoms with E-state index < -0.39 is 0 Å². The average Bonchev–Trinajstić information content (AvgIpc) is 3.18. The van der Waals surface area contributed by atoms with E-state index in [1.165, 1.54) is 6.07 Å². The van der Waals surface area contributed by atoms with E-state index in [0.717, 1.165) is 22.4 Å². The number of amides is 1. The zero-order valence-corrected chi connectivity index (χ0v) is 16.2. The van der Waals surface area contributed by atoms with Crippen LogP contribution in [0, 0.1) is 12.7 Å². The van der Waals surface area contributed by atoms with Gasteiger partial charge in [-0.25, -0.2) is 4.39 Å². The summed E-state index contributed by atoms with van der Waals surface area (Å²) in [5.74, 6) is 0.135. The van der Waals surface area contributed by atoms with Crippen molar-refractivity contribution in [2.24, 2.45) is 0 Å². The second-order valence-corrected chi connectivity index (χ2v) is 7.73. The summed E-state index contributed by atoms with van der Waals surface area (Å²) in [5, 5.41) is 10.3. The summed E-state index contributed by atoms with van der Waals surface area (Å²) in [6, 6.07) is 14.0. The van der Waals surface area contributed by atoms with E-state index in [1.807, 2.05) is 25.1 Å². The van der Waals surface area contributed by atoms with E-state index in [0.29, 0.717) is 24.5 Å². The Balaban J connectivity index is 1.58. The SMILES string of the molecule is Cc1ccc(F)cc1CN1Cc2c(NC(=O)c3ccccc3)n[nH]c2C1(C)C. The number of aryl methyl sites for hydroxylation is 1. The highest BCUT2D eigenvalue weighted by Gasteiger charge is 2.41. The topological polar surface area (TPSA) is 61.0 Å². The first kappa shape index (κ1) is 18.4. The molecule has 0 unspecified atom stereocenters. The molecule has 144 valence electrons. The summed E-state index contributed by atoms with van der Waals surface area (Å²) in [5.41, 5.74) is 4.25. The van der Waals surface area contributed by atoms with Gasteiger partial charge in [-0.1, -0.05) is 24.3 Å². The predicted octanol–water partition coefficient (Wildman–Crippen LogP) is 4.36. The summed E-state index contributed by atoms with van der Waals surface area (Å²) in [4.78, 5) is 14.8. The van der Waals surface area contributed by atoms with Gasteiger partial charge in [-0.05, 0) is 56.2 Å². The maximum atomic E-state index is 13.7. The van der Waals surface area contributed by atoms with Crippen molar-refractivity contribution in [3.05, 3.63) is 82.3 Å². The minimum Gasteiger partial charge on any atom is -0.305 e. The fraction of sp³-hybridized carbons (Fsp3) is 0.273. The smallest absolute Gasteiger partial charge is 0.256 e. The van der Waals surface area contributed by atoms with Gasteiger partial charge in [0.15, 0.2) is 5.82 Å². The maximum Gasteiger partial charge on any atom is 0.256 e. The third kappa shape index (κ3) is 3.20. The van der Waals surface area contributed by atoms with Crippen LogP contribution in [0.4, 0.5) is 10.2 Å². The van der Waals surface area contributed by atoms with Gasteiger partial charge in [0.05, 0.1) is 11.2 Å². The van der Waals surface area contributed by atoms with E-state index in [4.69, 9.17) is 0 Å². The fourth-order valence-electron chi connectivity index (χ4n) is 3.71. The number of aromatic amines is 1. The normalized spacial score (nSPS) is 15.4. The molecule has 5 nitrogen and oxygen atoms in total. The Kier molecular flexibility index (Phi) is 4.51. The summed E-state index contributed by atoms with van der Waals surface area (Å²) in [6.45, 7) is 7.44. The monoisotopic (exact) mass is 378 g/mol. The molecule has 1 aliphatic rings. The number of benzene rings is 2. The van der Waals surface area contributed by atoms with E-state index in [2.05, 4.69) is 34.3 Å². The molecule has 2 aromatic carbocycles. The van der Waals surface area contributed by atoms with Crippen molar-refractivity contribution in [1.82, 2.24) is 15.1 Å². The molecule has 1 amide bonds. The molecule has 0 aliphatic carbocycles. The molecule has 0 radical (unpaired) electrons. The Hall–Kier alpha value is -2.99. The van der Waals surface area contributed by atoms with Crippen molar-refractivity contribution in [2.75, 3.05) is 5.32 Å². The Bertz CT molecular complexity index is 1030. The molecule has 28 heavy (non-hydrogen) atoms. The van der Waals surface area contributed by atoms with Gasteiger partial charge < -0.3 is 5.32 Å². The van der Waals surface area contributed by atoms with E-state index in [9.17, 15) is 9.18 Å². The lowest BCUT2D eigenvalue weighted by molar-refractivity contribution is 0.102. The quantitative estimate of drug-likeness (QED) is 0.709. The Morgan fingerprint density at radius 3 is 2.75 bits per heavy atom. The van der Waals surface area contributed by atoms with Gasteiger partial charge in [-0.15, -0.1) is 0 Å². The van der Waals surface area contributed by atoms with Crippen LogP contribution < -0.4 is 5.32 Å². The van der Waals surface area contributed by atoms with Crippen LogP contribution in [0.5, 0.6) is 0 Å². The van der Waals surface area contributed by atoms with Gasteiger partial charge in [0.2, 0.25) is 0 Å². The molecule has 0 saturated heterocycles. The lowest BCUT2D eigenvalue weighted by atomic mass is 9.99. The summed E-state index contributed by atoms with van der Waals surface area (Å²) >= 11 is 0. The standard InChI is InChI=1S/C22H23FN4O/c1-14-9-10-17(23)11-16(14)12-27-13-18-19(22(27,2)3)25-26-20(18)24-21(28)15-7-5-4-6-8-15/h4-11H,12-13H2,1-3H3,(H2,24,25,26,28). The second kappa shape index (κ2) is 6.87. The van der Waals surface area contributed by atoms with Crippen LogP contribution in [0.1, 0.15) is 46.6 Å². The Labute approximate surface area is 163 Å². The van der Waals surface area contributed by atoms with Gasteiger partial charge in [0.25, 0.3) is 5.91 Å². The zero-order valence-electron chi connectivity index (χ0n) is 16.2. The Morgan fingerprint density at radius 2 is 2.00 bits per heavy atom. The maximum absolute atomic E-state index is 13.7. The summed E-state index contributed by atoms with van der Waals surface area (Å²) < 4.78 is 13.7. The molecule has 4 rings (SSSR count). The first-order valence-electron chi connectivity index (χ1n) is 9.30. The molecule has 1 aromatic heterocycles. The number of hydrogen-bond donors (Lipinski definition) is 2. The van der Waals surface area contributed by atoms with Crippen LogP contribution in [0.2, 0.25) is 0 Å². The van der Waals surface area contributed by atoms with E-state index >= 15 is 0 Å². The third-order valence-corrected chi connectivity index (χ3v) is 5.56. The number of carbonyl (C=O) groups excluding carboxylic acids is 1. The van der Waals surface area contributed by atoms with Crippen molar-refractivity contribution >= 4 is 11.7 Å². The van der Waals surface area contributed by atoms with Crippen LogP contribution in [-0.4, -0.2) is 21.0 Å². The molecule has 2 heterocycles. The van der Waals surface area contributed by atoms with Gasteiger partial charge in [-0.2, -0.15) is 5.10 Å². The number of anilines is 1. The van der Waals surface area contributed by atoms with Crippen LogP contribution in [-0.2, 0) is 18.6 Å². The molecular weight excluding hydrogens is 355 g/mol. The largest absolute Gasteiger partial charge is 0.305 e. The highest BCUT2D eigenvalue weighted by molar-refractivity contribution is 6.04. The van der Waals surface area contributed by atoms with Crippen molar-refractivity contribution in [1.29, 1.82) is 0 Å².